The van der Waals surface area contributed by atoms with E-state index in [1.165, 1.54) is 18.9 Å². The molecular formula is C20H34FIN4O. The lowest BCUT2D eigenvalue weighted by atomic mass is 10.0. The molecule has 1 aliphatic carbocycles. The van der Waals surface area contributed by atoms with Gasteiger partial charge in [-0.3, -0.25) is 4.99 Å². The molecule has 0 radical (unpaired) electrons. The van der Waals surface area contributed by atoms with Gasteiger partial charge in [0.2, 0.25) is 0 Å². The molecule has 1 aliphatic rings. The van der Waals surface area contributed by atoms with E-state index in [4.69, 9.17) is 4.74 Å². The van der Waals surface area contributed by atoms with Crippen LogP contribution in [0.1, 0.15) is 45.2 Å². The van der Waals surface area contributed by atoms with Crippen LogP contribution in [0.3, 0.4) is 0 Å². The van der Waals surface area contributed by atoms with Crippen molar-refractivity contribution in [3.8, 4) is 5.75 Å². The molecule has 5 nitrogen and oxygen atoms in total. The van der Waals surface area contributed by atoms with Crippen molar-refractivity contribution in [1.82, 2.24) is 15.5 Å². The largest absolute Gasteiger partial charge is 0.490 e. The number of hydrogen-bond acceptors (Lipinski definition) is 3. The molecule has 0 aliphatic heterocycles. The van der Waals surface area contributed by atoms with Crippen molar-refractivity contribution in [2.75, 3.05) is 34.3 Å². The molecule has 2 N–H and O–H groups in total. The second kappa shape index (κ2) is 10.5. The Labute approximate surface area is 180 Å². The van der Waals surface area contributed by atoms with Gasteiger partial charge in [0.25, 0.3) is 0 Å². The highest BCUT2D eigenvalue weighted by atomic mass is 127. The molecule has 0 aromatic heterocycles. The lowest BCUT2D eigenvalue weighted by molar-refractivity contribution is 0.197. The van der Waals surface area contributed by atoms with Crippen LogP contribution in [0.25, 0.3) is 0 Å². The summed E-state index contributed by atoms with van der Waals surface area (Å²) in [5.41, 5.74) is 0.851. The highest BCUT2D eigenvalue weighted by Crippen LogP contribution is 2.30. The van der Waals surface area contributed by atoms with E-state index in [1.807, 2.05) is 13.0 Å². The Morgan fingerprint density at radius 2 is 2.04 bits per heavy atom. The molecule has 27 heavy (non-hydrogen) atoms. The number of hydrogen-bond donors (Lipinski definition) is 2. The maximum absolute atomic E-state index is 14.3. The standard InChI is InChI=1S/C20H33FN4O.HI/c1-14(24-19(22-4)23-13-20(2,3)25(5)6)16-9-10-18(17(21)11-16)26-12-15-7-8-15;/h9-11,14-15H,7-8,12-13H2,1-6H3,(H2,22,23,24);1H. The Morgan fingerprint density at radius 3 is 2.56 bits per heavy atom. The predicted molar refractivity (Wildman–Crippen MR) is 121 cm³/mol. The van der Waals surface area contributed by atoms with Crippen molar-refractivity contribution in [3.05, 3.63) is 29.6 Å². The van der Waals surface area contributed by atoms with Gasteiger partial charge in [0.15, 0.2) is 17.5 Å². The number of halogens is 2. The molecule has 1 fully saturated rings. The highest BCUT2D eigenvalue weighted by molar-refractivity contribution is 14.0. The molecule has 0 saturated heterocycles. The summed E-state index contributed by atoms with van der Waals surface area (Å²) >= 11 is 0. The second-order valence-electron chi connectivity index (χ2n) is 7.94. The zero-order valence-corrected chi connectivity index (χ0v) is 19.6. The van der Waals surface area contributed by atoms with Gasteiger partial charge in [-0.15, -0.1) is 24.0 Å². The lowest BCUT2D eigenvalue weighted by Crippen LogP contribution is -2.51. The van der Waals surface area contributed by atoms with E-state index in [-0.39, 0.29) is 41.4 Å². The van der Waals surface area contributed by atoms with E-state index >= 15 is 0 Å². The van der Waals surface area contributed by atoms with Gasteiger partial charge >= 0.3 is 0 Å². The molecule has 7 heteroatoms. The zero-order valence-electron chi connectivity index (χ0n) is 17.3. The minimum Gasteiger partial charge on any atom is -0.490 e. The number of aliphatic imine (C=N–C) groups is 1. The summed E-state index contributed by atoms with van der Waals surface area (Å²) < 4.78 is 19.8. The van der Waals surface area contributed by atoms with Crippen LogP contribution >= 0.6 is 24.0 Å². The number of ether oxygens (including phenoxy) is 1. The van der Waals surface area contributed by atoms with Crippen LogP contribution in [0.4, 0.5) is 4.39 Å². The minimum atomic E-state index is -0.312. The number of guanidine groups is 1. The first-order chi connectivity index (χ1) is 12.2. The van der Waals surface area contributed by atoms with E-state index in [0.29, 0.717) is 24.2 Å². The fraction of sp³-hybridized carbons (Fsp3) is 0.650. The average Bonchev–Trinajstić information content (AvgIpc) is 3.41. The fourth-order valence-electron chi connectivity index (χ4n) is 2.34. The third-order valence-electron chi connectivity index (χ3n) is 5.10. The maximum atomic E-state index is 14.3. The second-order valence-corrected chi connectivity index (χ2v) is 7.94. The summed E-state index contributed by atoms with van der Waals surface area (Å²) in [6.45, 7) is 7.67. The first kappa shape index (κ1) is 23.9. The molecule has 2 rings (SSSR count). The number of rotatable bonds is 8. The summed E-state index contributed by atoms with van der Waals surface area (Å²) in [6, 6.07) is 5.09. The molecule has 0 spiro atoms. The van der Waals surface area contributed by atoms with Crippen LogP contribution in [0, 0.1) is 11.7 Å². The van der Waals surface area contributed by atoms with E-state index < -0.39 is 0 Å². The van der Waals surface area contributed by atoms with Crippen molar-refractivity contribution < 1.29 is 9.13 Å². The summed E-state index contributed by atoms with van der Waals surface area (Å²) in [6.07, 6.45) is 2.38. The van der Waals surface area contributed by atoms with Gasteiger partial charge in [-0.05, 0) is 71.3 Å². The molecular weight excluding hydrogens is 458 g/mol. The van der Waals surface area contributed by atoms with Gasteiger partial charge in [0.05, 0.1) is 12.6 Å². The smallest absolute Gasteiger partial charge is 0.191 e. The third kappa shape index (κ3) is 7.44. The Kier molecular flexibility index (Phi) is 9.27. The van der Waals surface area contributed by atoms with Crippen molar-refractivity contribution in [3.63, 3.8) is 0 Å². The summed E-state index contributed by atoms with van der Waals surface area (Å²) in [5, 5.41) is 6.65. The summed E-state index contributed by atoms with van der Waals surface area (Å²) in [5.74, 6) is 1.33. The van der Waals surface area contributed by atoms with E-state index in [9.17, 15) is 4.39 Å². The topological polar surface area (TPSA) is 48.9 Å². The highest BCUT2D eigenvalue weighted by Gasteiger charge is 2.23. The van der Waals surface area contributed by atoms with E-state index in [0.717, 1.165) is 12.1 Å². The van der Waals surface area contributed by atoms with Crippen LogP contribution in [0.2, 0.25) is 0 Å². The van der Waals surface area contributed by atoms with Gasteiger partial charge in [-0.2, -0.15) is 0 Å². The molecule has 154 valence electrons. The number of nitrogens with one attached hydrogen (secondary N) is 2. The van der Waals surface area contributed by atoms with Crippen molar-refractivity contribution >= 4 is 29.9 Å². The SMILES string of the molecule is CN=C(NCC(C)(C)N(C)C)NC(C)c1ccc(OCC2CC2)c(F)c1.I. The number of likely N-dealkylation sites (N-methyl/N-ethyl adjacent to an activating group) is 1. The maximum Gasteiger partial charge on any atom is 0.191 e. The molecule has 1 aromatic carbocycles. The van der Waals surface area contributed by atoms with Gasteiger partial charge in [0.1, 0.15) is 0 Å². The number of benzene rings is 1. The normalized spacial score (nSPS) is 15.9. The minimum absolute atomic E-state index is 0. The molecule has 1 atom stereocenters. The zero-order chi connectivity index (χ0) is 19.3. The van der Waals surface area contributed by atoms with Crippen LogP contribution < -0.4 is 15.4 Å². The Morgan fingerprint density at radius 1 is 1.37 bits per heavy atom. The van der Waals surface area contributed by atoms with Gasteiger partial charge in [0, 0.05) is 19.1 Å². The Hall–Kier alpha value is -1.09. The Bertz CT molecular complexity index is 632. The predicted octanol–water partition coefficient (Wildman–Crippen LogP) is 3.80. The molecule has 1 aromatic rings. The van der Waals surface area contributed by atoms with Gasteiger partial charge < -0.3 is 20.3 Å². The number of nitrogens with zero attached hydrogens (tertiary/aromatic N) is 2. The van der Waals surface area contributed by atoms with Crippen molar-refractivity contribution in [2.24, 2.45) is 10.9 Å². The summed E-state index contributed by atoms with van der Waals surface area (Å²) in [7, 11) is 5.84. The first-order valence-electron chi connectivity index (χ1n) is 9.30. The van der Waals surface area contributed by atoms with E-state index in [2.05, 4.69) is 48.5 Å². The Balaban J connectivity index is 0.00000364. The van der Waals surface area contributed by atoms with Crippen LogP contribution in [0.15, 0.2) is 23.2 Å². The molecule has 0 amide bonds. The monoisotopic (exact) mass is 492 g/mol. The molecule has 0 bridgehead atoms. The van der Waals surface area contributed by atoms with Gasteiger partial charge in [-0.1, -0.05) is 6.07 Å². The van der Waals surface area contributed by atoms with Crippen molar-refractivity contribution in [1.29, 1.82) is 0 Å². The van der Waals surface area contributed by atoms with Gasteiger partial charge in [-0.25, -0.2) is 4.39 Å². The molecule has 0 heterocycles. The summed E-state index contributed by atoms with van der Waals surface area (Å²) in [4.78, 5) is 6.43. The third-order valence-corrected chi connectivity index (χ3v) is 5.10. The lowest BCUT2D eigenvalue weighted by Gasteiger charge is -2.33. The average molecular weight is 492 g/mol. The molecule has 1 unspecified atom stereocenters. The fourth-order valence-corrected chi connectivity index (χ4v) is 2.34. The van der Waals surface area contributed by atoms with Crippen LogP contribution in [-0.2, 0) is 0 Å². The van der Waals surface area contributed by atoms with Crippen LogP contribution in [-0.4, -0.2) is 50.7 Å². The quantitative estimate of drug-likeness (QED) is 0.330. The molecule has 1 saturated carbocycles. The van der Waals surface area contributed by atoms with Crippen molar-refractivity contribution in [2.45, 2.75) is 45.2 Å². The van der Waals surface area contributed by atoms with Crippen LogP contribution in [0.5, 0.6) is 5.75 Å². The first-order valence-corrected chi connectivity index (χ1v) is 9.30. The van der Waals surface area contributed by atoms with E-state index in [1.54, 1.807) is 13.1 Å².